The number of hydrogen-bond acceptors (Lipinski definition) is 3. The molecule has 0 spiro atoms. The van der Waals surface area contributed by atoms with E-state index in [-0.39, 0.29) is 11.9 Å². The lowest BCUT2D eigenvalue weighted by Crippen LogP contribution is -2.22. The zero-order valence-corrected chi connectivity index (χ0v) is 12.8. The number of benzene rings is 1. The molecule has 4 heteroatoms. The predicted octanol–water partition coefficient (Wildman–Crippen LogP) is 4.24. The molecule has 0 saturated heterocycles. The molecule has 0 saturated carbocycles. The van der Waals surface area contributed by atoms with Crippen molar-refractivity contribution in [2.75, 3.05) is 23.3 Å². The van der Waals surface area contributed by atoms with Crippen LogP contribution < -0.4 is 10.2 Å². The van der Waals surface area contributed by atoms with Crippen molar-refractivity contribution in [3.8, 4) is 0 Å². The van der Waals surface area contributed by atoms with Gasteiger partial charge in [0.25, 0.3) is 0 Å². The Morgan fingerprint density at radius 1 is 1.14 bits per heavy atom. The van der Waals surface area contributed by atoms with E-state index in [1.54, 1.807) is 18.3 Å². The molecule has 1 N–H and O–H groups in total. The van der Waals surface area contributed by atoms with Crippen molar-refractivity contribution in [2.45, 2.75) is 26.8 Å². The third-order valence-corrected chi connectivity index (χ3v) is 3.59. The summed E-state index contributed by atoms with van der Waals surface area (Å²) in [5.74, 6) is 0.773. The van der Waals surface area contributed by atoms with Crippen LogP contribution in [-0.4, -0.2) is 18.1 Å². The lowest BCUT2D eigenvalue weighted by Gasteiger charge is -2.21. The minimum Gasteiger partial charge on any atom is -0.377 e. The number of halogens is 1. The van der Waals surface area contributed by atoms with Crippen LogP contribution in [0.3, 0.4) is 0 Å². The maximum absolute atomic E-state index is 13.7. The molecule has 0 aliphatic heterocycles. The first kappa shape index (κ1) is 15.3. The zero-order valence-electron chi connectivity index (χ0n) is 12.8. The molecule has 0 aliphatic carbocycles. The molecule has 2 rings (SSSR count). The summed E-state index contributed by atoms with van der Waals surface area (Å²) >= 11 is 0. The Morgan fingerprint density at radius 3 is 2.43 bits per heavy atom. The van der Waals surface area contributed by atoms with Gasteiger partial charge in [0.1, 0.15) is 11.6 Å². The lowest BCUT2D eigenvalue weighted by molar-refractivity contribution is 0.600. The van der Waals surface area contributed by atoms with Gasteiger partial charge in [0, 0.05) is 18.7 Å². The van der Waals surface area contributed by atoms with E-state index in [0.717, 1.165) is 24.6 Å². The second-order valence-corrected chi connectivity index (χ2v) is 4.96. The van der Waals surface area contributed by atoms with Gasteiger partial charge in [-0.15, -0.1) is 0 Å². The number of nitrogens with one attached hydrogen (secondary N) is 1. The monoisotopic (exact) mass is 287 g/mol. The Balaban J connectivity index is 2.08. The summed E-state index contributed by atoms with van der Waals surface area (Å²) in [5, 5.41) is 3.28. The van der Waals surface area contributed by atoms with Crippen LogP contribution in [0.2, 0.25) is 0 Å². The van der Waals surface area contributed by atoms with Gasteiger partial charge < -0.3 is 10.2 Å². The summed E-state index contributed by atoms with van der Waals surface area (Å²) in [7, 11) is 0. The largest absolute Gasteiger partial charge is 0.377 e. The molecule has 21 heavy (non-hydrogen) atoms. The van der Waals surface area contributed by atoms with Crippen LogP contribution in [0.15, 0.2) is 42.6 Å². The van der Waals surface area contributed by atoms with Gasteiger partial charge in [-0.3, -0.25) is 0 Å². The van der Waals surface area contributed by atoms with E-state index < -0.39 is 0 Å². The highest BCUT2D eigenvalue weighted by molar-refractivity contribution is 5.49. The second-order valence-electron chi connectivity index (χ2n) is 4.96. The van der Waals surface area contributed by atoms with E-state index in [1.165, 1.54) is 6.07 Å². The number of pyridine rings is 1. The van der Waals surface area contributed by atoms with Crippen molar-refractivity contribution in [2.24, 2.45) is 0 Å². The zero-order chi connectivity index (χ0) is 15.2. The van der Waals surface area contributed by atoms with Crippen LogP contribution in [-0.2, 0) is 0 Å². The van der Waals surface area contributed by atoms with E-state index in [4.69, 9.17) is 0 Å². The standard InChI is InChI=1S/C17H22FN3/c1-4-21(5-2)17-11-10-14(12-19-17)20-13(3)15-8-6-7-9-16(15)18/h6-13,20H,4-5H2,1-3H3. The topological polar surface area (TPSA) is 28.2 Å². The van der Waals surface area contributed by atoms with E-state index in [9.17, 15) is 4.39 Å². The van der Waals surface area contributed by atoms with Crippen LogP contribution in [0.5, 0.6) is 0 Å². The molecule has 0 radical (unpaired) electrons. The van der Waals surface area contributed by atoms with E-state index in [2.05, 4.69) is 29.0 Å². The van der Waals surface area contributed by atoms with Crippen LogP contribution in [0, 0.1) is 5.82 Å². The average molecular weight is 287 g/mol. The number of aromatic nitrogens is 1. The number of nitrogens with zero attached hydrogens (tertiary/aromatic N) is 2. The maximum atomic E-state index is 13.7. The van der Waals surface area contributed by atoms with Gasteiger partial charge in [-0.05, 0) is 39.0 Å². The highest BCUT2D eigenvalue weighted by Crippen LogP contribution is 2.22. The van der Waals surface area contributed by atoms with Crippen molar-refractivity contribution in [1.82, 2.24) is 4.98 Å². The average Bonchev–Trinajstić information content (AvgIpc) is 2.50. The smallest absolute Gasteiger partial charge is 0.128 e. The normalized spacial score (nSPS) is 12.0. The fourth-order valence-corrected chi connectivity index (χ4v) is 2.36. The fraction of sp³-hybridized carbons (Fsp3) is 0.353. The summed E-state index contributed by atoms with van der Waals surface area (Å²) in [6, 6.07) is 10.7. The van der Waals surface area contributed by atoms with E-state index >= 15 is 0 Å². The molecule has 112 valence electrons. The molecule has 1 atom stereocenters. The quantitative estimate of drug-likeness (QED) is 0.861. The Labute approximate surface area is 125 Å². The Hall–Kier alpha value is -2.10. The molecule has 2 aromatic rings. The van der Waals surface area contributed by atoms with Gasteiger partial charge in [0.2, 0.25) is 0 Å². The summed E-state index contributed by atoms with van der Waals surface area (Å²) in [4.78, 5) is 6.64. The van der Waals surface area contributed by atoms with Gasteiger partial charge in [0.05, 0.1) is 17.9 Å². The van der Waals surface area contributed by atoms with E-state index in [0.29, 0.717) is 5.56 Å². The molecule has 0 bridgehead atoms. The molecule has 0 aliphatic rings. The van der Waals surface area contributed by atoms with Crippen LogP contribution in [0.25, 0.3) is 0 Å². The first-order valence-electron chi connectivity index (χ1n) is 7.37. The first-order chi connectivity index (χ1) is 10.2. The summed E-state index contributed by atoms with van der Waals surface area (Å²) in [5.41, 5.74) is 1.55. The van der Waals surface area contributed by atoms with Crippen molar-refractivity contribution in [1.29, 1.82) is 0 Å². The Bertz CT molecular complexity index is 565. The summed E-state index contributed by atoms with van der Waals surface area (Å²) in [6.45, 7) is 8.02. The number of rotatable bonds is 6. The minimum atomic E-state index is -0.190. The molecule has 1 unspecified atom stereocenters. The van der Waals surface area contributed by atoms with Crippen molar-refractivity contribution in [3.63, 3.8) is 0 Å². The van der Waals surface area contributed by atoms with Crippen molar-refractivity contribution in [3.05, 3.63) is 54.0 Å². The highest BCUT2D eigenvalue weighted by Gasteiger charge is 2.10. The molecule has 1 aromatic heterocycles. The second kappa shape index (κ2) is 7.07. The molecular formula is C17H22FN3. The summed E-state index contributed by atoms with van der Waals surface area (Å²) < 4.78 is 13.7. The maximum Gasteiger partial charge on any atom is 0.128 e. The van der Waals surface area contributed by atoms with Crippen LogP contribution in [0.1, 0.15) is 32.4 Å². The Kier molecular flexibility index (Phi) is 5.14. The first-order valence-corrected chi connectivity index (χ1v) is 7.37. The number of hydrogen-bond donors (Lipinski definition) is 1. The third-order valence-electron chi connectivity index (χ3n) is 3.59. The SMILES string of the molecule is CCN(CC)c1ccc(NC(C)c2ccccc2F)cn1. The van der Waals surface area contributed by atoms with Gasteiger partial charge in [-0.1, -0.05) is 18.2 Å². The molecule has 3 nitrogen and oxygen atoms in total. The van der Waals surface area contributed by atoms with Gasteiger partial charge in [0.15, 0.2) is 0 Å². The molecular weight excluding hydrogens is 265 g/mol. The van der Waals surface area contributed by atoms with Crippen LogP contribution in [0.4, 0.5) is 15.9 Å². The minimum absolute atomic E-state index is 0.104. The van der Waals surface area contributed by atoms with E-state index in [1.807, 2.05) is 25.1 Å². The van der Waals surface area contributed by atoms with Gasteiger partial charge in [-0.2, -0.15) is 0 Å². The van der Waals surface area contributed by atoms with Gasteiger partial charge >= 0.3 is 0 Å². The van der Waals surface area contributed by atoms with Gasteiger partial charge in [-0.25, -0.2) is 9.37 Å². The molecule has 0 fully saturated rings. The molecule has 1 aromatic carbocycles. The summed E-state index contributed by atoms with van der Waals surface area (Å²) in [6.07, 6.45) is 1.80. The number of anilines is 2. The lowest BCUT2D eigenvalue weighted by atomic mass is 10.1. The van der Waals surface area contributed by atoms with Crippen LogP contribution >= 0.6 is 0 Å². The predicted molar refractivity (Wildman–Crippen MR) is 86.2 cm³/mol. The molecule has 1 heterocycles. The fourth-order valence-electron chi connectivity index (χ4n) is 2.36. The van der Waals surface area contributed by atoms with Crippen molar-refractivity contribution < 1.29 is 4.39 Å². The highest BCUT2D eigenvalue weighted by atomic mass is 19.1. The van der Waals surface area contributed by atoms with Crippen molar-refractivity contribution >= 4 is 11.5 Å². The molecule has 0 amide bonds. The Morgan fingerprint density at radius 2 is 1.86 bits per heavy atom. The third kappa shape index (κ3) is 3.72.